The molecule has 0 heterocycles. The van der Waals surface area contributed by atoms with Gasteiger partial charge in [0.1, 0.15) is 17.3 Å². The fourth-order valence-corrected chi connectivity index (χ4v) is 5.53. The van der Waals surface area contributed by atoms with E-state index >= 15 is 0 Å². The first kappa shape index (κ1) is 15.6. The number of ketones is 2. The summed E-state index contributed by atoms with van der Waals surface area (Å²) in [5, 5.41) is 10.2. The second-order valence-corrected chi connectivity index (χ2v) is 7.97. The minimum Gasteiger partial charge on any atom is -0.508 e. The number of phenolic OH excluding ortho intramolecular Hbond substituents is 1. The maximum absolute atomic E-state index is 12.9. The average molecular weight is 324 g/mol. The molecule has 4 atom stereocenters. The number of rotatable bonds is 2. The summed E-state index contributed by atoms with van der Waals surface area (Å²) in [6, 6.07) is 3.85. The van der Waals surface area contributed by atoms with Gasteiger partial charge in [-0.15, -0.1) is 6.58 Å². The molecule has 3 nitrogen and oxygen atoms in total. The number of hydrogen-bond donors (Lipinski definition) is 1. The normalized spacial score (nSPS) is 34.5. The summed E-state index contributed by atoms with van der Waals surface area (Å²) < 4.78 is 0. The maximum atomic E-state index is 12.9. The lowest BCUT2D eigenvalue weighted by Gasteiger charge is -2.47. The molecule has 126 valence electrons. The largest absolute Gasteiger partial charge is 0.508 e. The molecule has 0 bridgehead atoms. The van der Waals surface area contributed by atoms with Gasteiger partial charge in [-0.1, -0.05) is 19.1 Å². The zero-order valence-corrected chi connectivity index (χ0v) is 14.2. The van der Waals surface area contributed by atoms with Crippen molar-refractivity contribution in [3.63, 3.8) is 0 Å². The van der Waals surface area contributed by atoms with Gasteiger partial charge in [-0.25, -0.2) is 0 Å². The predicted octanol–water partition coefficient (Wildman–Crippen LogP) is 3.72. The summed E-state index contributed by atoms with van der Waals surface area (Å²) in [5.41, 5.74) is 2.78. The molecule has 0 spiro atoms. The first-order chi connectivity index (χ1) is 11.5. The molecular formula is C21H24O3. The van der Waals surface area contributed by atoms with Crippen molar-refractivity contribution in [2.24, 2.45) is 17.3 Å². The fraction of sp³-hybridized carbons (Fsp3) is 0.524. The zero-order valence-electron chi connectivity index (χ0n) is 14.2. The Kier molecular flexibility index (Phi) is 3.45. The zero-order chi connectivity index (χ0) is 17.1. The monoisotopic (exact) mass is 324 g/mol. The number of benzene rings is 1. The molecule has 0 saturated heterocycles. The van der Waals surface area contributed by atoms with Gasteiger partial charge in [0, 0.05) is 24.2 Å². The van der Waals surface area contributed by atoms with Crippen LogP contribution in [0.5, 0.6) is 5.75 Å². The van der Waals surface area contributed by atoms with Crippen LogP contribution in [0.4, 0.5) is 0 Å². The Morgan fingerprint density at radius 1 is 1.33 bits per heavy atom. The van der Waals surface area contributed by atoms with Crippen LogP contribution in [0.2, 0.25) is 0 Å². The van der Waals surface area contributed by atoms with Crippen LogP contribution in [0.15, 0.2) is 24.8 Å². The van der Waals surface area contributed by atoms with Crippen LogP contribution in [0, 0.1) is 17.3 Å². The summed E-state index contributed by atoms with van der Waals surface area (Å²) in [7, 11) is 0. The molecule has 2 fully saturated rings. The molecule has 0 unspecified atom stereocenters. The SMILES string of the molecule is C=CCc1cc2c(cc1O)CC(=O)[C@@H]1[C@@H]2CC[C@]2(C)C(=O)CC[C@@H]12. The van der Waals surface area contributed by atoms with E-state index in [1.807, 2.05) is 0 Å². The third-order valence-corrected chi connectivity index (χ3v) is 6.82. The van der Waals surface area contributed by atoms with Crippen molar-refractivity contribution >= 4 is 11.6 Å². The molecule has 0 radical (unpaired) electrons. The topological polar surface area (TPSA) is 54.4 Å². The van der Waals surface area contributed by atoms with Gasteiger partial charge >= 0.3 is 0 Å². The lowest BCUT2D eigenvalue weighted by molar-refractivity contribution is -0.135. The number of hydrogen-bond acceptors (Lipinski definition) is 3. The van der Waals surface area contributed by atoms with E-state index in [9.17, 15) is 14.7 Å². The van der Waals surface area contributed by atoms with Gasteiger partial charge in [0.25, 0.3) is 0 Å². The van der Waals surface area contributed by atoms with Crippen LogP contribution in [-0.2, 0) is 22.4 Å². The van der Waals surface area contributed by atoms with Gasteiger partial charge in [0.2, 0.25) is 0 Å². The van der Waals surface area contributed by atoms with E-state index < -0.39 is 0 Å². The third-order valence-electron chi connectivity index (χ3n) is 6.82. The number of Topliss-reactive ketones (excluding diaryl/α,β-unsaturated/α-hetero) is 2. The van der Waals surface area contributed by atoms with Crippen molar-refractivity contribution in [2.45, 2.75) is 51.4 Å². The van der Waals surface area contributed by atoms with Crippen LogP contribution >= 0.6 is 0 Å². The van der Waals surface area contributed by atoms with Gasteiger partial charge in [-0.2, -0.15) is 0 Å². The van der Waals surface area contributed by atoms with Crippen molar-refractivity contribution in [3.8, 4) is 5.75 Å². The molecule has 1 aromatic carbocycles. The molecule has 4 rings (SSSR count). The lowest BCUT2D eigenvalue weighted by Crippen LogP contribution is -2.46. The molecule has 0 aliphatic heterocycles. The standard InChI is InChI=1S/C21H24O3/c1-3-4-12-9-15-13(10-17(12)22)11-18(23)20-14(15)7-8-21(2)16(20)5-6-19(21)24/h3,9-10,14,16,20,22H,1,4-8,11H2,2H3/t14-,16+,20-,21+/m1/s1. The Morgan fingerprint density at radius 3 is 2.88 bits per heavy atom. The number of phenols is 1. The van der Waals surface area contributed by atoms with E-state index in [-0.39, 0.29) is 34.7 Å². The highest BCUT2D eigenvalue weighted by atomic mass is 16.3. The van der Waals surface area contributed by atoms with Crippen molar-refractivity contribution in [2.75, 3.05) is 0 Å². The minimum atomic E-state index is -0.296. The molecule has 3 aliphatic rings. The van der Waals surface area contributed by atoms with Gasteiger partial charge in [-0.05, 0) is 60.3 Å². The van der Waals surface area contributed by atoms with E-state index in [2.05, 4.69) is 19.6 Å². The highest BCUT2D eigenvalue weighted by Gasteiger charge is 2.56. The number of carbonyl (C=O) groups excluding carboxylic acids is 2. The summed E-state index contributed by atoms with van der Waals surface area (Å²) in [4.78, 5) is 25.3. The molecule has 3 heteroatoms. The van der Waals surface area contributed by atoms with Crippen LogP contribution in [0.3, 0.4) is 0 Å². The second kappa shape index (κ2) is 5.30. The Morgan fingerprint density at radius 2 is 2.12 bits per heavy atom. The predicted molar refractivity (Wildman–Crippen MR) is 92.0 cm³/mol. The Hall–Kier alpha value is -1.90. The smallest absolute Gasteiger partial charge is 0.141 e. The van der Waals surface area contributed by atoms with Crippen LogP contribution in [0.25, 0.3) is 0 Å². The number of fused-ring (bicyclic) bond motifs is 5. The summed E-state index contributed by atoms with van der Waals surface area (Å²) in [5.74, 6) is 1.24. The van der Waals surface area contributed by atoms with Crippen molar-refractivity contribution < 1.29 is 14.7 Å². The summed E-state index contributed by atoms with van der Waals surface area (Å²) in [6.07, 6.45) is 6.06. The quantitative estimate of drug-likeness (QED) is 0.844. The van der Waals surface area contributed by atoms with E-state index in [0.717, 1.165) is 30.4 Å². The molecule has 1 aromatic rings. The lowest BCUT2D eigenvalue weighted by atomic mass is 9.55. The highest BCUT2D eigenvalue weighted by molar-refractivity contribution is 5.92. The first-order valence-corrected chi connectivity index (χ1v) is 8.97. The molecular weight excluding hydrogens is 300 g/mol. The van der Waals surface area contributed by atoms with E-state index in [1.165, 1.54) is 5.56 Å². The maximum Gasteiger partial charge on any atom is 0.141 e. The first-order valence-electron chi connectivity index (χ1n) is 8.97. The molecule has 2 saturated carbocycles. The molecule has 3 aliphatic carbocycles. The van der Waals surface area contributed by atoms with E-state index in [4.69, 9.17) is 0 Å². The third kappa shape index (κ3) is 2.03. The summed E-state index contributed by atoms with van der Waals surface area (Å²) in [6.45, 7) is 5.84. The Balaban J connectivity index is 1.79. The van der Waals surface area contributed by atoms with E-state index in [0.29, 0.717) is 25.0 Å². The van der Waals surface area contributed by atoms with Crippen molar-refractivity contribution in [1.82, 2.24) is 0 Å². The fourth-order valence-electron chi connectivity index (χ4n) is 5.53. The summed E-state index contributed by atoms with van der Waals surface area (Å²) >= 11 is 0. The Bertz CT molecular complexity index is 748. The van der Waals surface area contributed by atoms with Crippen LogP contribution in [-0.4, -0.2) is 16.7 Å². The van der Waals surface area contributed by atoms with Gasteiger partial charge in [0.15, 0.2) is 0 Å². The Labute approximate surface area is 142 Å². The molecule has 0 amide bonds. The van der Waals surface area contributed by atoms with Crippen LogP contribution in [0.1, 0.15) is 55.2 Å². The highest BCUT2D eigenvalue weighted by Crippen LogP contribution is 2.58. The van der Waals surface area contributed by atoms with E-state index in [1.54, 1.807) is 12.1 Å². The van der Waals surface area contributed by atoms with Crippen LogP contribution < -0.4 is 0 Å². The van der Waals surface area contributed by atoms with Gasteiger partial charge < -0.3 is 5.11 Å². The minimum absolute atomic E-state index is 0.0242. The van der Waals surface area contributed by atoms with Gasteiger partial charge in [0.05, 0.1) is 0 Å². The molecule has 24 heavy (non-hydrogen) atoms. The number of aromatic hydroxyl groups is 1. The number of carbonyl (C=O) groups is 2. The second-order valence-electron chi connectivity index (χ2n) is 7.97. The van der Waals surface area contributed by atoms with Crippen molar-refractivity contribution in [1.29, 1.82) is 0 Å². The van der Waals surface area contributed by atoms with Gasteiger partial charge in [-0.3, -0.25) is 9.59 Å². The molecule has 0 aromatic heterocycles. The average Bonchev–Trinajstić information content (AvgIpc) is 2.84. The number of allylic oxidation sites excluding steroid dienone is 1. The molecule has 1 N–H and O–H groups in total. The van der Waals surface area contributed by atoms with Crippen molar-refractivity contribution in [3.05, 3.63) is 41.5 Å².